The van der Waals surface area contributed by atoms with E-state index in [1.54, 1.807) is 35.0 Å². The molecule has 2 aromatic rings. The molecule has 1 aliphatic rings. The van der Waals surface area contributed by atoms with E-state index in [2.05, 4.69) is 21.2 Å². The van der Waals surface area contributed by atoms with Gasteiger partial charge in [0, 0.05) is 46.3 Å². The predicted molar refractivity (Wildman–Crippen MR) is 146 cm³/mol. The first-order valence-electron chi connectivity index (χ1n) is 11.8. The molecule has 1 heterocycles. The lowest BCUT2D eigenvalue weighted by Gasteiger charge is -2.29. The Morgan fingerprint density at radius 1 is 1.17 bits per heavy atom. The maximum atomic E-state index is 12.8. The number of nitrogens with zero attached hydrogens (tertiary/aromatic N) is 2. The zero-order valence-electron chi connectivity index (χ0n) is 20.9. The van der Waals surface area contributed by atoms with Crippen LogP contribution in [0.1, 0.15) is 45.6 Å². The molecule has 3 rings (SSSR count). The van der Waals surface area contributed by atoms with Gasteiger partial charge in [0.25, 0.3) is 0 Å². The topological polar surface area (TPSA) is 71.1 Å². The molecule has 3 amide bonds. The third-order valence-corrected chi connectivity index (χ3v) is 6.54. The number of amides is 3. The molecule has 0 bridgehead atoms. The van der Waals surface area contributed by atoms with Crippen molar-refractivity contribution in [2.75, 3.05) is 20.1 Å². The van der Waals surface area contributed by atoms with E-state index in [0.29, 0.717) is 47.6 Å². The normalized spacial score (nSPS) is 15.5. The van der Waals surface area contributed by atoms with Crippen LogP contribution < -0.4 is 10.1 Å². The summed E-state index contributed by atoms with van der Waals surface area (Å²) in [5.41, 5.74) is 0.286. The molecule has 0 aromatic heterocycles. The largest absolute Gasteiger partial charge is 0.457 e. The van der Waals surface area contributed by atoms with Gasteiger partial charge in [0.1, 0.15) is 17.1 Å². The van der Waals surface area contributed by atoms with Crippen LogP contribution in [0, 0.1) is 0 Å². The summed E-state index contributed by atoms with van der Waals surface area (Å²) in [6.07, 6.45) is 2.21. The number of ether oxygens (including phenoxy) is 2. The number of nitrogens with one attached hydrogen (secondary N) is 1. The standard InChI is InChI=1S/C26H32BrCl2N3O4/c1-26(2,3)36-25(34)32-11-5-6-21(32)9-10-30-24(33)31(4)16-17-7-8-18(27)12-23(17)35-22-14-19(28)13-20(29)15-22/h7-8,12-15,21H,5-6,9-11,16H2,1-4H3,(H,30,33)/t21-/m1/s1. The number of urea groups is 1. The van der Waals surface area contributed by atoms with Crippen LogP contribution in [0.25, 0.3) is 0 Å². The minimum Gasteiger partial charge on any atom is -0.457 e. The van der Waals surface area contributed by atoms with E-state index >= 15 is 0 Å². The quantitative estimate of drug-likeness (QED) is 0.358. The van der Waals surface area contributed by atoms with Gasteiger partial charge in [-0.3, -0.25) is 0 Å². The summed E-state index contributed by atoms with van der Waals surface area (Å²) in [4.78, 5) is 28.6. The third kappa shape index (κ3) is 8.46. The molecule has 0 spiro atoms. The Hall–Kier alpha value is -2.16. The smallest absolute Gasteiger partial charge is 0.410 e. The molecular formula is C26H32BrCl2N3O4. The number of likely N-dealkylation sites (tertiary alicyclic amines) is 1. The highest BCUT2D eigenvalue weighted by Crippen LogP contribution is 2.32. The van der Waals surface area contributed by atoms with Gasteiger partial charge in [0.05, 0.1) is 6.54 Å². The van der Waals surface area contributed by atoms with Gasteiger partial charge in [-0.15, -0.1) is 0 Å². The van der Waals surface area contributed by atoms with Gasteiger partial charge in [0.15, 0.2) is 0 Å². The van der Waals surface area contributed by atoms with E-state index in [1.807, 2.05) is 39.0 Å². The summed E-state index contributed by atoms with van der Waals surface area (Å²) in [6.45, 7) is 7.04. The van der Waals surface area contributed by atoms with Crippen molar-refractivity contribution in [2.24, 2.45) is 0 Å². The molecule has 0 saturated carbocycles. The minimum absolute atomic E-state index is 0.0569. The number of carbonyl (C=O) groups excluding carboxylic acids is 2. The summed E-state index contributed by atoms with van der Waals surface area (Å²) in [5.74, 6) is 1.09. The van der Waals surface area contributed by atoms with Crippen molar-refractivity contribution in [1.29, 1.82) is 0 Å². The average Bonchev–Trinajstić information content (AvgIpc) is 3.22. The Morgan fingerprint density at radius 3 is 2.53 bits per heavy atom. The van der Waals surface area contributed by atoms with Crippen LogP contribution in [-0.4, -0.2) is 53.7 Å². The fourth-order valence-corrected chi connectivity index (χ4v) is 4.82. The van der Waals surface area contributed by atoms with Crippen LogP contribution in [0.2, 0.25) is 10.0 Å². The first-order chi connectivity index (χ1) is 16.9. The number of hydrogen-bond acceptors (Lipinski definition) is 4. The van der Waals surface area contributed by atoms with E-state index in [0.717, 1.165) is 22.9 Å². The van der Waals surface area contributed by atoms with Gasteiger partial charge in [-0.1, -0.05) is 45.2 Å². The van der Waals surface area contributed by atoms with E-state index in [9.17, 15) is 9.59 Å². The van der Waals surface area contributed by atoms with Gasteiger partial charge >= 0.3 is 12.1 Å². The van der Waals surface area contributed by atoms with Crippen LogP contribution in [0.15, 0.2) is 40.9 Å². The monoisotopic (exact) mass is 599 g/mol. The molecule has 1 aliphatic heterocycles. The third-order valence-electron chi connectivity index (χ3n) is 5.61. The van der Waals surface area contributed by atoms with Crippen molar-refractivity contribution in [2.45, 2.75) is 58.2 Å². The van der Waals surface area contributed by atoms with E-state index < -0.39 is 5.60 Å². The highest BCUT2D eigenvalue weighted by atomic mass is 79.9. The first-order valence-corrected chi connectivity index (χ1v) is 13.4. The zero-order chi connectivity index (χ0) is 26.5. The molecule has 0 aliphatic carbocycles. The second-order valence-corrected chi connectivity index (χ2v) is 11.6. The lowest BCUT2D eigenvalue weighted by molar-refractivity contribution is 0.0221. The van der Waals surface area contributed by atoms with Gasteiger partial charge in [-0.2, -0.15) is 0 Å². The van der Waals surface area contributed by atoms with Crippen LogP contribution in [0.5, 0.6) is 11.5 Å². The molecule has 1 saturated heterocycles. The summed E-state index contributed by atoms with van der Waals surface area (Å²) in [7, 11) is 1.72. The van der Waals surface area contributed by atoms with Crippen molar-refractivity contribution >= 4 is 51.3 Å². The molecule has 2 aromatic carbocycles. The van der Waals surface area contributed by atoms with E-state index in [-0.39, 0.29) is 18.2 Å². The first kappa shape index (κ1) is 28.4. The van der Waals surface area contributed by atoms with E-state index in [4.69, 9.17) is 32.7 Å². The Morgan fingerprint density at radius 2 is 1.86 bits per heavy atom. The van der Waals surface area contributed by atoms with Gasteiger partial charge in [-0.05, 0) is 70.4 Å². The summed E-state index contributed by atoms with van der Waals surface area (Å²) >= 11 is 15.7. The summed E-state index contributed by atoms with van der Waals surface area (Å²) in [6, 6.07) is 10.5. The molecular weight excluding hydrogens is 569 g/mol. The number of carbonyl (C=O) groups is 2. The molecule has 7 nitrogen and oxygen atoms in total. The maximum Gasteiger partial charge on any atom is 0.410 e. The Kier molecular flexibility index (Phi) is 9.78. The molecule has 0 unspecified atom stereocenters. The van der Waals surface area contributed by atoms with E-state index in [1.165, 1.54) is 0 Å². The Bertz CT molecular complexity index is 1070. The van der Waals surface area contributed by atoms with Crippen molar-refractivity contribution in [1.82, 2.24) is 15.1 Å². The zero-order valence-corrected chi connectivity index (χ0v) is 24.0. The van der Waals surface area contributed by atoms with Crippen LogP contribution >= 0.6 is 39.1 Å². The van der Waals surface area contributed by atoms with Gasteiger partial charge in [0.2, 0.25) is 0 Å². The number of hydrogen-bond donors (Lipinski definition) is 1. The fourth-order valence-electron chi connectivity index (χ4n) is 3.97. The lowest BCUT2D eigenvalue weighted by Crippen LogP contribution is -2.42. The van der Waals surface area contributed by atoms with Gasteiger partial charge in [-0.25, -0.2) is 9.59 Å². The highest BCUT2D eigenvalue weighted by molar-refractivity contribution is 9.10. The number of benzene rings is 2. The molecule has 0 radical (unpaired) electrons. The maximum absolute atomic E-state index is 12.8. The number of rotatable bonds is 7. The molecule has 1 N–H and O–H groups in total. The van der Waals surface area contributed by atoms with Crippen molar-refractivity contribution < 1.29 is 19.1 Å². The van der Waals surface area contributed by atoms with Crippen LogP contribution in [0.3, 0.4) is 0 Å². The molecule has 1 atom stereocenters. The SMILES string of the molecule is CN(Cc1ccc(Br)cc1Oc1cc(Cl)cc(Cl)c1)C(=O)NCC[C@H]1CCCN1C(=O)OC(C)(C)C. The fraction of sp³-hybridized carbons (Fsp3) is 0.462. The van der Waals surface area contributed by atoms with Crippen LogP contribution in [-0.2, 0) is 11.3 Å². The average molecular weight is 601 g/mol. The van der Waals surface area contributed by atoms with Gasteiger partial charge < -0.3 is 24.6 Å². The van der Waals surface area contributed by atoms with Crippen molar-refractivity contribution in [3.8, 4) is 11.5 Å². The Labute approximate surface area is 231 Å². The Balaban J connectivity index is 1.56. The molecule has 10 heteroatoms. The summed E-state index contributed by atoms with van der Waals surface area (Å²) < 4.78 is 12.4. The molecule has 36 heavy (non-hydrogen) atoms. The predicted octanol–water partition coefficient (Wildman–Crippen LogP) is 7.48. The van der Waals surface area contributed by atoms with Crippen LogP contribution in [0.4, 0.5) is 9.59 Å². The minimum atomic E-state index is -0.532. The lowest BCUT2D eigenvalue weighted by atomic mass is 10.1. The molecule has 196 valence electrons. The van der Waals surface area contributed by atoms with Crippen molar-refractivity contribution in [3.05, 3.63) is 56.5 Å². The highest BCUT2D eigenvalue weighted by Gasteiger charge is 2.31. The number of halogens is 3. The van der Waals surface area contributed by atoms with Crippen molar-refractivity contribution in [3.63, 3.8) is 0 Å². The summed E-state index contributed by atoms with van der Waals surface area (Å²) in [5, 5.41) is 3.90. The molecule has 1 fully saturated rings. The second kappa shape index (κ2) is 12.4. The second-order valence-electron chi connectivity index (χ2n) is 9.81.